The van der Waals surface area contributed by atoms with Gasteiger partial charge in [-0.25, -0.2) is 0 Å². The van der Waals surface area contributed by atoms with Crippen LogP contribution in [0.2, 0.25) is 0 Å². The number of hydrogen-bond donors (Lipinski definition) is 2. The third-order valence-corrected chi connectivity index (χ3v) is 4.27. The molecule has 2 aliphatic rings. The fourth-order valence-corrected chi connectivity index (χ4v) is 3.15. The van der Waals surface area contributed by atoms with Crippen molar-refractivity contribution < 1.29 is 19.4 Å². The lowest BCUT2D eigenvalue weighted by molar-refractivity contribution is -0.141. The standard InChI is InChI=1S/C16H19NO4/c18-15(17-13-3-2-12(9-13)16(19)20)8-10-1-4-14-11(7-10)5-6-21-14/h1,4,7,12-13H,2-3,5-6,8-9H2,(H,17,18)(H,19,20)/t12-,13+/m1/s1. The van der Waals surface area contributed by atoms with Crippen molar-refractivity contribution in [2.45, 2.75) is 38.1 Å². The number of ether oxygens (including phenoxy) is 1. The Hall–Kier alpha value is -2.04. The Morgan fingerprint density at radius 1 is 1.33 bits per heavy atom. The number of hydrogen-bond acceptors (Lipinski definition) is 3. The van der Waals surface area contributed by atoms with Crippen molar-refractivity contribution >= 4 is 11.9 Å². The van der Waals surface area contributed by atoms with Crippen LogP contribution in [0, 0.1) is 5.92 Å². The van der Waals surface area contributed by atoms with E-state index in [4.69, 9.17) is 9.84 Å². The number of carboxylic acid groups (broad SMARTS) is 1. The third-order valence-electron chi connectivity index (χ3n) is 4.27. The minimum atomic E-state index is -0.759. The molecule has 0 bridgehead atoms. The predicted molar refractivity (Wildman–Crippen MR) is 76.3 cm³/mol. The SMILES string of the molecule is O=C(Cc1ccc2c(c1)CCO2)N[C@H]1CC[C@@H](C(=O)O)C1. The molecule has 0 saturated heterocycles. The molecule has 1 aliphatic carbocycles. The van der Waals surface area contributed by atoms with E-state index >= 15 is 0 Å². The van der Waals surface area contributed by atoms with Crippen LogP contribution in [0.3, 0.4) is 0 Å². The molecular weight excluding hydrogens is 270 g/mol. The maximum absolute atomic E-state index is 12.1. The number of carbonyl (C=O) groups excluding carboxylic acids is 1. The second kappa shape index (κ2) is 5.76. The number of aliphatic carboxylic acids is 1. The van der Waals surface area contributed by atoms with Crippen LogP contribution in [-0.4, -0.2) is 29.6 Å². The van der Waals surface area contributed by atoms with Crippen molar-refractivity contribution in [3.63, 3.8) is 0 Å². The van der Waals surface area contributed by atoms with Crippen LogP contribution in [0.15, 0.2) is 18.2 Å². The molecule has 3 rings (SSSR count). The first kappa shape index (κ1) is 13.9. The maximum atomic E-state index is 12.1. The molecule has 1 aromatic carbocycles. The molecule has 2 atom stereocenters. The number of amides is 1. The highest BCUT2D eigenvalue weighted by Crippen LogP contribution is 2.27. The van der Waals surface area contributed by atoms with Crippen LogP contribution in [0.5, 0.6) is 5.75 Å². The van der Waals surface area contributed by atoms with Gasteiger partial charge in [0.25, 0.3) is 0 Å². The Morgan fingerprint density at radius 2 is 2.19 bits per heavy atom. The molecule has 2 N–H and O–H groups in total. The van der Waals surface area contributed by atoms with Crippen molar-refractivity contribution in [3.05, 3.63) is 29.3 Å². The fraction of sp³-hybridized carbons (Fsp3) is 0.500. The van der Waals surface area contributed by atoms with Crippen LogP contribution in [0.1, 0.15) is 30.4 Å². The zero-order valence-electron chi connectivity index (χ0n) is 11.8. The molecule has 1 amide bonds. The second-order valence-electron chi connectivity index (χ2n) is 5.83. The summed E-state index contributed by atoms with van der Waals surface area (Å²) >= 11 is 0. The highest BCUT2D eigenvalue weighted by Gasteiger charge is 2.30. The number of carboxylic acids is 1. The predicted octanol–water partition coefficient (Wildman–Crippen LogP) is 1.53. The summed E-state index contributed by atoms with van der Waals surface area (Å²) in [5.74, 6) is -0.193. The molecule has 5 nitrogen and oxygen atoms in total. The smallest absolute Gasteiger partial charge is 0.306 e. The second-order valence-corrected chi connectivity index (χ2v) is 5.83. The van der Waals surface area contributed by atoms with Crippen LogP contribution in [-0.2, 0) is 22.4 Å². The molecule has 1 saturated carbocycles. The van der Waals surface area contributed by atoms with E-state index in [0.717, 1.165) is 29.7 Å². The molecule has 1 heterocycles. The molecule has 112 valence electrons. The van der Waals surface area contributed by atoms with E-state index in [1.807, 2.05) is 18.2 Å². The van der Waals surface area contributed by atoms with Gasteiger partial charge in [-0.3, -0.25) is 9.59 Å². The average molecular weight is 289 g/mol. The van der Waals surface area contributed by atoms with Crippen LogP contribution >= 0.6 is 0 Å². The summed E-state index contributed by atoms with van der Waals surface area (Å²) in [5, 5.41) is 11.9. The minimum absolute atomic E-state index is 0.00337. The third kappa shape index (κ3) is 3.17. The van der Waals surface area contributed by atoms with Gasteiger partial charge in [-0.15, -0.1) is 0 Å². The van der Waals surface area contributed by atoms with Gasteiger partial charge in [0.15, 0.2) is 0 Å². The molecule has 1 aromatic rings. The van der Waals surface area contributed by atoms with Crippen molar-refractivity contribution in [3.8, 4) is 5.75 Å². The van der Waals surface area contributed by atoms with Crippen molar-refractivity contribution in [1.82, 2.24) is 5.32 Å². The van der Waals surface area contributed by atoms with E-state index in [0.29, 0.717) is 25.9 Å². The van der Waals surface area contributed by atoms with Gasteiger partial charge in [0.1, 0.15) is 5.75 Å². The van der Waals surface area contributed by atoms with Gasteiger partial charge in [-0.1, -0.05) is 12.1 Å². The van der Waals surface area contributed by atoms with E-state index in [1.165, 1.54) is 0 Å². The Kier molecular flexibility index (Phi) is 3.82. The number of fused-ring (bicyclic) bond motifs is 1. The Bertz CT molecular complexity index is 569. The monoisotopic (exact) mass is 289 g/mol. The highest BCUT2D eigenvalue weighted by atomic mass is 16.5. The molecule has 0 radical (unpaired) electrons. The normalized spacial score (nSPS) is 23.4. The summed E-state index contributed by atoms with van der Waals surface area (Å²) in [4.78, 5) is 23.0. The summed E-state index contributed by atoms with van der Waals surface area (Å²) in [6.45, 7) is 0.712. The summed E-state index contributed by atoms with van der Waals surface area (Å²) in [6.07, 6.45) is 3.17. The van der Waals surface area contributed by atoms with Gasteiger partial charge in [0.2, 0.25) is 5.91 Å². The zero-order valence-corrected chi connectivity index (χ0v) is 11.8. The van der Waals surface area contributed by atoms with Gasteiger partial charge in [-0.05, 0) is 36.5 Å². The number of benzene rings is 1. The van der Waals surface area contributed by atoms with Crippen LogP contribution < -0.4 is 10.1 Å². The summed E-state index contributed by atoms with van der Waals surface area (Å²) in [5.41, 5.74) is 2.14. The van der Waals surface area contributed by atoms with Crippen molar-refractivity contribution in [1.29, 1.82) is 0 Å². The summed E-state index contributed by atoms with van der Waals surface area (Å²) < 4.78 is 5.44. The van der Waals surface area contributed by atoms with E-state index in [9.17, 15) is 9.59 Å². The van der Waals surface area contributed by atoms with Gasteiger partial charge in [-0.2, -0.15) is 0 Å². The first-order valence-corrected chi connectivity index (χ1v) is 7.38. The molecule has 1 aliphatic heterocycles. The average Bonchev–Trinajstić information content (AvgIpc) is 3.06. The zero-order chi connectivity index (χ0) is 14.8. The van der Waals surface area contributed by atoms with Gasteiger partial charge >= 0.3 is 5.97 Å². The van der Waals surface area contributed by atoms with E-state index in [1.54, 1.807) is 0 Å². The topological polar surface area (TPSA) is 75.6 Å². The lowest BCUT2D eigenvalue weighted by Crippen LogP contribution is -2.34. The first-order valence-electron chi connectivity index (χ1n) is 7.38. The largest absolute Gasteiger partial charge is 0.493 e. The lowest BCUT2D eigenvalue weighted by Gasteiger charge is -2.12. The van der Waals surface area contributed by atoms with E-state index in [2.05, 4.69) is 5.32 Å². The summed E-state index contributed by atoms with van der Waals surface area (Å²) in [7, 11) is 0. The molecule has 5 heteroatoms. The molecule has 1 fully saturated rings. The highest BCUT2D eigenvalue weighted by molar-refractivity contribution is 5.79. The Labute approximate surface area is 123 Å². The minimum Gasteiger partial charge on any atom is -0.493 e. The Morgan fingerprint density at radius 3 is 2.95 bits per heavy atom. The van der Waals surface area contributed by atoms with Crippen molar-refractivity contribution in [2.24, 2.45) is 5.92 Å². The van der Waals surface area contributed by atoms with E-state index in [-0.39, 0.29) is 17.9 Å². The van der Waals surface area contributed by atoms with Crippen molar-refractivity contribution in [2.75, 3.05) is 6.61 Å². The van der Waals surface area contributed by atoms with Crippen LogP contribution in [0.4, 0.5) is 0 Å². The molecule has 0 aromatic heterocycles. The van der Waals surface area contributed by atoms with Crippen LogP contribution in [0.25, 0.3) is 0 Å². The van der Waals surface area contributed by atoms with Gasteiger partial charge in [0, 0.05) is 12.5 Å². The quantitative estimate of drug-likeness (QED) is 0.881. The van der Waals surface area contributed by atoms with Gasteiger partial charge in [0.05, 0.1) is 18.9 Å². The molecular formula is C16H19NO4. The lowest BCUT2D eigenvalue weighted by atomic mass is 10.1. The Balaban J connectivity index is 1.54. The number of carbonyl (C=O) groups is 2. The number of nitrogens with one attached hydrogen (secondary N) is 1. The fourth-order valence-electron chi connectivity index (χ4n) is 3.15. The maximum Gasteiger partial charge on any atom is 0.306 e. The first-order chi connectivity index (χ1) is 10.1. The number of rotatable bonds is 4. The van der Waals surface area contributed by atoms with Gasteiger partial charge < -0.3 is 15.2 Å². The molecule has 21 heavy (non-hydrogen) atoms. The molecule has 0 spiro atoms. The molecule has 0 unspecified atom stereocenters. The van der Waals surface area contributed by atoms with E-state index < -0.39 is 5.97 Å². The summed E-state index contributed by atoms with van der Waals surface area (Å²) in [6, 6.07) is 5.85.